The van der Waals surface area contributed by atoms with E-state index in [1.54, 1.807) is 0 Å². The van der Waals surface area contributed by atoms with Gasteiger partial charge >= 0.3 is 0 Å². The molecular formula is C14H22N2O3S. The average molecular weight is 298 g/mol. The van der Waals surface area contributed by atoms with Crippen molar-refractivity contribution >= 4 is 10.2 Å². The van der Waals surface area contributed by atoms with Crippen LogP contribution in [0.4, 0.5) is 0 Å². The van der Waals surface area contributed by atoms with Gasteiger partial charge in [0.2, 0.25) is 0 Å². The van der Waals surface area contributed by atoms with E-state index in [0.29, 0.717) is 19.6 Å². The second-order valence-electron chi connectivity index (χ2n) is 5.01. The molecule has 1 aromatic rings. The molecule has 0 atom stereocenters. The first-order valence-electron chi connectivity index (χ1n) is 7.04. The third-order valence-electron chi connectivity index (χ3n) is 3.52. The van der Waals surface area contributed by atoms with Crippen LogP contribution >= 0.6 is 0 Å². The van der Waals surface area contributed by atoms with Gasteiger partial charge in [-0.1, -0.05) is 36.8 Å². The van der Waals surface area contributed by atoms with Crippen LogP contribution in [0.1, 0.15) is 24.8 Å². The zero-order chi connectivity index (χ0) is 14.4. The van der Waals surface area contributed by atoms with E-state index < -0.39 is 10.2 Å². The fourth-order valence-electron chi connectivity index (χ4n) is 2.43. The summed E-state index contributed by atoms with van der Waals surface area (Å²) >= 11 is 0. The molecule has 6 heteroatoms. The summed E-state index contributed by atoms with van der Waals surface area (Å²) in [6.07, 6.45) is 2.92. The van der Waals surface area contributed by atoms with Crippen LogP contribution in [0.15, 0.2) is 30.3 Å². The maximum absolute atomic E-state index is 12.6. The van der Waals surface area contributed by atoms with Crippen LogP contribution in [0.5, 0.6) is 0 Å². The highest BCUT2D eigenvalue weighted by molar-refractivity contribution is 7.86. The summed E-state index contributed by atoms with van der Waals surface area (Å²) in [5.74, 6) is 0. The van der Waals surface area contributed by atoms with Crippen LogP contribution in [0.2, 0.25) is 0 Å². The number of nitrogens with zero attached hydrogens (tertiary/aromatic N) is 2. The zero-order valence-electron chi connectivity index (χ0n) is 11.6. The van der Waals surface area contributed by atoms with E-state index in [9.17, 15) is 8.42 Å². The fourth-order valence-corrected chi connectivity index (χ4v) is 4.10. The van der Waals surface area contributed by atoms with Crippen molar-refractivity contribution in [3.63, 3.8) is 0 Å². The van der Waals surface area contributed by atoms with Crippen molar-refractivity contribution in [2.24, 2.45) is 0 Å². The second-order valence-corrected chi connectivity index (χ2v) is 6.94. The monoisotopic (exact) mass is 298 g/mol. The minimum Gasteiger partial charge on any atom is -0.395 e. The van der Waals surface area contributed by atoms with Gasteiger partial charge in [0, 0.05) is 26.2 Å². The van der Waals surface area contributed by atoms with Crippen LogP contribution < -0.4 is 0 Å². The first-order chi connectivity index (χ1) is 9.64. The molecule has 0 aromatic heterocycles. The minimum atomic E-state index is -3.48. The Morgan fingerprint density at radius 2 is 1.75 bits per heavy atom. The summed E-state index contributed by atoms with van der Waals surface area (Å²) in [7, 11) is -3.48. The van der Waals surface area contributed by atoms with Gasteiger partial charge in [-0.2, -0.15) is 17.0 Å². The lowest BCUT2D eigenvalue weighted by molar-refractivity contribution is 0.235. The highest BCUT2D eigenvalue weighted by Gasteiger charge is 2.30. The molecule has 1 fully saturated rings. The Labute approximate surface area is 121 Å². The van der Waals surface area contributed by atoms with Gasteiger partial charge < -0.3 is 5.11 Å². The molecule has 20 heavy (non-hydrogen) atoms. The number of aliphatic hydroxyl groups excluding tert-OH is 1. The summed E-state index contributed by atoms with van der Waals surface area (Å²) in [5.41, 5.74) is 0.932. The van der Waals surface area contributed by atoms with Crippen molar-refractivity contribution in [2.75, 3.05) is 26.2 Å². The third-order valence-corrected chi connectivity index (χ3v) is 5.50. The molecule has 1 saturated heterocycles. The van der Waals surface area contributed by atoms with Gasteiger partial charge in [0.05, 0.1) is 6.61 Å². The van der Waals surface area contributed by atoms with E-state index in [-0.39, 0.29) is 13.2 Å². The number of piperidine rings is 1. The molecule has 1 aromatic carbocycles. The SMILES string of the molecule is O=S(=O)(N1CCCCC1)N(CCO)Cc1ccccc1. The Balaban J connectivity index is 2.14. The minimum absolute atomic E-state index is 0.133. The first-order valence-corrected chi connectivity index (χ1v) is 8.44. The van der Waals surface area contributed by atoms with Gasteiger partial charge in [-0.15, -0.1) is 0 Å². The van der Waals surface area contributed by atoms with E-state index in [1.807, 2.05) is 30.3 Å². The van der Waals surface area contributed by atoms with Crippen molar-refractivity contribution in [3.8, 4) is 0 Å². The molecule has 0 saturated carbocycles. The number of hydrogen-bond acceptors (Lipinski definition) is 3. The summed E-state index contributed by atoms with van der Waals surface area (Å²) in [4.78, 5) is 0. The van der Waals surface area contributed by atoms with Crippen LogP contribution in [0.3, 0.4) is 0 Å². The second kappa shape index (κ2) is 7.17. The molecule has 0 radical (unpaired) electrons. The predicted octanol–water partition coefficient (Wildman–Crippen LogP) is 1.21. The van der Waals surface area contributed by atoms with E-state index in [1.165, 1.54) is 8.61 Å². The van der Waals surface area contributed by atoms with E-state index in [0.717, 1.165) is 24.8 Å². The van der Waals surface area contributed by atoms with Crippen molar-refractivity contribution in [1.29, 1.82) is 0 Å². The molecule has 1 N–H and O–H groups in total. The lowest BCUT2D eigenvalue weighted by atomic mass is 10.2. The molecule has 5 nitrogen and oxygen atoms in total. The Hall–Kier alpha value is -0.950. The summed E-state index contributed by atoms with van der Waals surface area (Å²) in [5, 5.41) is 9.15. The van der Waals surface area contributed by atoms with Gasteiger partial charge in [-0.3, -0.25) is 0 Å². The highest BCUT2D eigenvalue weighted by Crippen LogP contribution is 2.18. The summed E-state index contributed by atoms with van der Waals surface area (Å²) < 4.78 is 28.1. The van der Waals surface area contributed by atoms with Crippen molar-refractivity contribution in [1.82, 2.24) is 8.61 Å². The Kier molecular flexibility index (Phi) is 5.54. The molecule has 0 amide bonds. The number of hydrogen-bond donors (Lipinski definition) is 1. The molecular weight excluding hydrogens is 276 g/mol. The molecule has 0 bridgehead atoms. The van der Waals surface area contributed by atoms with E-state index in [4.69, 9.17) is 5.11 Å². The van der Waals surface area contributed by atoms with Crippen molar-refractivity contribution in [3.05, 3.63) is 35.9 Å². The Morgan fingerprint density at radius 1 is 1.10 bits per heavy atom. The number of rotatable bonds is 6. The third kappa shape index (κ3) is 3.79. The smallest absolute Gasteiger partial charge is 0.282 e. The van der Waals surface area contributed by atoms with Crippen molar-refractivity contribution < 1.29 is 13.5 Å². The summed E-state index contributed by atoms with van der Waals surface area (Å²) in [6, 6.07) is 9.48. The zero-order valence-corrected chi connectivity index (χ0v) is 12.4. The molecule has 1 heterocycles. The topological polar surface area (TPSA) is 60.9 Å². The van der Waals surface area contributed by atoms with Crippen molar-refractivity contribution in [2.45, 2.75) is 25.8 Å². The predicted molar refractivity (Wildman–Crippen MR) is 78.3 cm³/mol. The van der Waals surface area contributed by atoms with Gasteiger partial charge in [-0.05, 0) is 18.4 Å². The summed E-state index contributed by atoms with van der Waals surface area (Å²) in [6.45, 7) is 1.44. The van der Waals surface area contributed by atoms with Crippen LogP contribution in [0, 0.1) is 0 Å². The van der Waals surface area contributed by atoms with Gasteiger partial charge in [-0.25, -0.2) is 0 Å². The van der Waals surface area contributed by atoms with Gasteiger partial charge in [0.25, 0.3) is 10.2 Å². The lowest BCUT2D eigenvalue weighted by Crippen LogP contribution is -2.46. The molecule has 1 aliphatic rings. The van der Waals surface area contributed by atoms with Crippen LogP contribution in [0.25, 0.3) is 0 Å². The molecule has 1 aliphatic heterocycles. The average Bonchev–Trinajstić information content (AvgIpc) is 2.49. The molecule has 0 unspecified atom stereocenters. The Morgan fingerprint density at radius 3 is 2.35 bits per heavy atom. The first kappa shape index (κ1) is 15.4. The standard InChI is InChI=1S/C14H22N2O3S/c17-12-11-16(13-14-7-3-1-4-8-14)20(18,19)15-9-5-2-6-10-15/h1,3-4,7-8,17H,2,5-6,9-13H2. The van der Waals surface area contributed by atoms with Crippen LogP contribution in [-0.4, -0.2) is 48.4 Å². The molecule has 112 valence electrons. The van der Waals surface area contributed by atoms with E-state index in [2.05, 4.69) is 0 Å². The normalized spacial score (nSPS) is 17.5. The highest BCUT2D eigenvalue weighted by atomic mass is 32.2. The van der Waals surface area contributed by atoms with E-state index >= 15 is 0 Å². The van der Waals surface area contributed by atoms with Gasteiger partial charge in [0.1, 0.15) is 0 Å². The van der Waals surface area contributed by atoms with Crippen LogP contribution in [-0.2, 0) is 16.8 Å². The maximum atomic E-state index is 12.6. The fraction of sp³-hybridized carbons (Fsp3) is 0.571. The Bertz CT molecular complexity index is 498. The quantitative estimate of drug-likeness (QED) is 0.859. The molecule has 0 aliphatic carbocycles. The maximum Gasteiger partial charge on any atom is 0.282 e. The molecule has 0 spiro atoms. The van der Waals surface area contributed by atoms with Gasteiger partial charge in [0.15, 0.2) is 0 Å². The largest absolute Gasteiger partial charge is 0.395 e. The lowest BCUT2D eigenvalue weighted by Gasteiger charge is -2.31. The number of aliphatic hydroxyl groups is 1. The number of benzene rings is 1. The molecule has 2 rings (SSSR count).